The lowest BCUT2D eigenvalue weighted by Gasteiger charge is -2.42. The molecule has 2 aliphatic carbocycles. The number of hydrogen-bond acceptors (Lipinski definition) is 2. The summed E-state index contributed by atoms with van der Waals surface area (Å²) in [5.41, 5.74) is 1.50. The first kappa shape index (κ1) is 12.8. The largest absolute Gasteiger partial charge is 0.293 e. The van der Waals surface area contributed by atoms with E-state index in [-0.39, 0.29) is 0 Å². The highest BCUT2D eigenvalue weighted by Gasteiger charge is 2.40. The molecule has 3 aliphatic rings. The Balaban J connectivity index is 1.76. The molecule has 100 valence electrons. The molecule has 4 atom stereocenters. The van der Waals surface area contributed by atoms with Gasteiger partial charge in [-0.15, -0.1) is 11.8 Å². The summed E-state index contributed by atoms with van der Waals surface area (Å²) < 4.78 is 0. The summed E-state index contributed by atoms with van der Waals surface area (Å²) in [6.45, 7) is 5.53. The third-order valence-corrected chi connectivity index (χ3v) is 6.42. The second kappa shape index (κ2) is 5.42. The van der Waals surface area contributed by atoms with E-state index in [0.29, 0.717) is 0 Å². The molecule has 0 spiro atoms. The zero-order valence-corrected chi connectivity index (χ0v) is 12.3. The molecule has 1 heterocycles. The highest BCUT2D eigenvalue weighted by Crippen LogP contribution is 2.46. The van der Waals surface area contributed by atoms with Crippen molar-refractivity contribution >= 4 is 11.8 Å². The van der Waals surface area contributed by atoms with E-state index in [2.05, 4.69) is 42.4 Å². The van der Waals surface area contributed by atoms with Crippen LogP contribution in [-0.2, 0) is 0 Å². The second-order valence-electron chi connectivity index (χ2n) is 6.25. The molecule has 3 unspecified atom stereocenters. The minimum atomic E-state index is 0.760. The maximum absolute atomic E-state index is 4.26. The average molecular weight is 263 g/mol. The number of nitrogens with zero attached hydrogens (tertiary/aromatic N) is 1. The van der Waals surface area contributed by atoms with E-state index in [1.54, 1.807) is 0 Å². The van der Waals surface area contributed by atoms with Crippen LogP contribution in [0.25, 0.3) is 0 Å². The smallest absolute Gasteiger partial charge is 0.0592 e. The van der Waals surface area contributed by atoms with Crippen LogP contribution in [0.4, 0.5) is 0 Å². The minimum absolute atomic E-state index is 0.760. The number of allylic oxidation sites excluding steroid dienone is 3. The molecule has 0 radical (unpaired) electrons. The van der Waals surface area contributed by atoms with Gasteiger partial charge in [0.2, 0.25) is 0 Å². The first-order valence-corrected chi connectivity index (χ1v) is 8.46. The van der Waals surface area contributed by atoms with Crippen LogP contribution < -0.4 is 0 Å². The fraction of sp³-hybridized carbons (Fsp3) is 0.750. The summed E-state index contributed by atoms with van der Waals surface area (Å²) >= 11 is 2.19. The number of hydrogen-bond donors (Lipinski definition) is 0. The maximum atomic E-state index is 4.26. The molecule has 0 bridgehead atoms. The van der Waals surface area contributed by atoms with Crippen molar-refractivity contribution < 1.29 is 0 Å². The first-order valence-electron chi connectivity index (χ1n) is 7.41. The van der Waals surface area contributed by atoms with Gasteiger partial charge in [-0.05, 0) is 56.9 Å². The molecule has 1 aliphatic heterocycles. The molecular formula is C16H25NS. The molecule has 0 N–H and O–H groups in total. The maximum Gasteiger partial charge on any atom is 0.0592 e. The van der Waals surface area contributed by atoms with E-state index in [4.69, 9.17) is 0 Å². The quantitative estimate of drug-likeness (QED) is 0.710. The standard InChI is InChI=1S/C16H25NS/c1-12-5-3-8-14(11-12)15(13-6-4-7-13)16-17(2)9-10-18-16/h4,6,13-16H,1,3,5,7-11H2,2H3/t13?,14?,15-,16?/m0/s1. The Bertz CT molecular complexity index is 349. The summed E-state index contributed by atoms with van der Waals surface area (Å²) in [6.07, 6.45) is 11.5. The van der Waals surface area contributed by atoms with Crippen LogP contribution in [0.2, 0.25) is 0 Å². The number of rotatable bonds is 3. The van der Waals surface area contributed by atoms with E-state index in [0.717, 1.165) is 23.1 Å². The Morgan fingerprint density at radius 2 is 2.33 bits per heavy atom. The van der Waals surface area contributed by atoms with E-state index >= 15 is 0 Å². The zero-order valence-electron chi connectivity index (χ0n) is 11.5. The van der Waals surface area contributed by atoms with Crippen LogP contribution in [0.5, 0.6) is 0 Å². The Morgan fingerprint density at radius 3 is 2.89 bits per heavy atom. The van der Waals surface area contributed by atoms with Crippen LogP contribution in [0.15, 0.2) is 24.3 Å². The van der Waals surface area contributed by atoms with Crippen molar-refractivity contribution in [2.45, 2.75) is 37.5 Å². The fourth-order valence-electron chi connectivity index (χ4n) is 3.87. The topological polar surface area (TPSA) is 3.24 Å². The van der Waals surface area contributed by atoms with Crippen molar-refractivity contribution in [3.05, 3.63) is 24.3 Å². The van der Waals surface area contributed by atoms with Gasteiger partial charge in [-0.3, -0.25) is 4.90 Å². The monoisotopic (exact) mass is 263 g/mol. The molecule has 0 aromatic heterocycles. The highest BCUT2D eigenvalue weighted by atomic mass is 32.2. The van der Waals surface area contributed by atoms with Gasteiger partial charge in [0.05, 0.1) is 5.37 Å². The van der Waals surface area contributed by atoms with Crippen molar-refractivity contribution in [3.8, 4) is 0 Å². The van der Waals surface area contributed by atoms with E-state index in [1.165, 1.54) is 50.0 Å². The predicted octanol–water partition coefficient (Wildman–Crippen LogP) is 3.93. The molecule has 0 aromatic rings. The lowest BCUT2D eigenvalue weighted by atomic mass is 9.69. The van der Waals surface area contributed by atoms with Crippen LogP contribution in [0.1, 0.15) is 32.1 Å². The molecule has 2 fully saturated rings. The summed E-state index contributed by atoms with van der Waals surface area (Å²) in [6, 6.07) is 0. The summed E-state index contributed by atoms with van der Waals surface area (Å²) in [5, 5.41) is 0.760. The lowest BCUT2D eigenvalue weighted by Crippen LogP contribution is -2.41. The van der Waals surface area contributed by atoms with Crippen LogP contribution in [0, 0.1) is 17.8 Å². The minimum Gasteiger partial charge on any atom is -0.293 e. The van der Waals surface area contributed by atoms with Gasteiger partial charge in [-0.1, -0.05) is 24.3 Å². The first-order chi connectivity index (χ1) is 8.75. The molecule has 3 rings (SSSR count). The van der Waals surface area contributed by atoms with E-state index < -0.39 is 0 Å². The van der Waals surface area contributed by atoms with Crippen molar-refractivity contribution in [2.24, 2.45) is 17.8 Å². The second-order valence-corrected chi connectivity index (χ2v) is 7.48. The van der Waals surface area contributed by atoms with Crippen LogP contribution in [-0.4, -0.2) is 29.6 Å². The third kappa shape index (κ3) is 2.42. The Morgan fingerprint density at radius 1 is 1.50 bits per heavy atom. The van der Waals surface area contributed by atoms with Gasteiger partial charge in [0.15, 0.2) is 0 Å². The molecule has 18 heavy (non-hydrogen) atoms. The normalized spacial score (nSPS) is 38.7. The third-order valence-electron chi connectivity index (χ3n) is 4.98. The van der Waals surface area contributed by atoms with Gasteiger partial charge in [-0.25, -0.2) is 0 Å². The van der Waals surface area contributed by atoms with Crippen molar-refractivity contribution in [2.75, 3.05) is 19.3 Å². The van der Waals surface area contributed by atoms with Gasteiger partial charge < -0.3 is 0 Å². The van der Waals surface area contributed by atoms with E-state index in [9.17, 15) is 0 Å². The lowest BCUT2D eigenvalue weighted by molar-refractivity contribution is 0.145. The molecular weight excluding hydrogens is 238 g/mol. The van der Waals surface area contributed by atoms with Crippen molar-refractivity contribution in [3.63, 3.8) is 0 Å². The molecule has 1 saturated carbocycles. The Kier molecular flexibility index (Phi) is 3.86. The predicted molar refractivity (Wildman–Crippen MR) is 80.7 cm³/mol. The van der Waals surface area contributed by atoms with Gasteiger partial charge >= 0.3 is 0 Å². The van der Waals surface area contributed by atoms with Crippen molar-refractivity contribution in [1.82, 2.24) is 4.90 Å². The zero-order chi connectivity index (χ0) is 12.5. The molecule has 1 nitrogen and oxygen atoms in total. The van der Waals surface area contributed by atoms with Gasteiger partial charge in [0, 0.05) is 12.3 Å². The van der Waals surface area contributed by atoms with Gasteiger partial charge in [0.1, 0.15) is 0 Å². The van der Waals surface area contributed by atoms with Gasteiger partial charge in [-0.2, -0.15) is 0 Å². The molecule has 2 heteroatoms. The summed E-state index contributed by atoms with van der Waals surface area (Å²) in [7, 11) is 2.32. The average Bonchev–Trinajstić information content (AvgIpc) is 2.69. The molecule has 0 aromatic carbocycles. The SMILES string of the molecule is C=C1CCCC([C@H](C2C=CC2)C2SCCN2C)C1. The molecule has 1 saturated heterocycles. The Hall–Kier alpha value is -0.210. The van der Waals surface area contributed by atoms with Gasteiger partial charge in [0.25, 0.3) is 0 Å². The van der Waals surface area contributed by atoms with Crippen LogP contribution >= 0.6 is 11.8 Å². The summed E-state index contributed by atoms with van der Waals surface area (Å²) in [5.74, 6) is 3.92. The van der Waals surface area contributed by atoms with E-state index in [1.807, 2.05) is 0 Å². The fourth-order valence-corrected chi connectivity index (χ4v) is 5.51. The van der Waals surface area contributed by atoms with Crippen molar-refractivity contribution in [1.29, 1.82) is 0 Å². The molecule has 0 amide bonds. The summed E-state index contributed by atoms with van der Waals surface area (Å²) in [4.78, 5) is 2.60. The number of thioether (sulfide) groups is 1. The van der Waals surface area contributed by atoms with Crippen LogP contribution in [0.3, 0.4) is 0 Å². The Labute approximate surface area is 116 Å². The highest BCUT2D eigenvalue weighted by molar-refractivity contribution is 8.00.